The molecule has 0 aliphatic heterocycles. The van der Waals surface area contributed by atoms with Crippen molar-refractivity contribution >= 4 is 22.5 Å². The summed E-state index contributed by atoms with van der Waals surface area (Å²) in [4.78, 5) is 13.7. The quantitative estimate of drug-likeness (QED) is 0.537. The molecule has 3 heterocycles. The number of rotatable bonds is 4. The van der Waals surface area contributed by atoms with Gasteiger partial charge in [-0.15, -0.1) is 5.10 Å². The van der Waals surface area contributed by atoms with Crippen LogP contribution in [0.5, 0.6) is 5.75 Å². The molecule has 3 N–H and O–H groups in total. The number of ether oxygens (including phenoxy) is 1. The fourth-order valence-corrected chi connectivity index (χ4v) is 4.09. The van der Waals surface area contributed by atoms with Crippen LogP contribution in [-0.2, 0) is 5.60 Å². The highest BCUT2D eigenvalue weighted by Gasteiger charge is 2.35. The highest BCUT2D eigenvalue weighted by Crippen LogP contribution is 2.46. The summed E-state index contributed by atoms with van der Waals surface area (Å²) >= 11 is 0. The minimum Gasteiger partial charge on any atom is -0.494 e. The van der Waals surface area contributed by atoms with Crippen molar-refractivity contribution in [1.29, 1.82) is 0 Å². The van der Waals surface area contributed by atoms with E-state index in [1.165, 1.54) is 5.56 Å². The van der Waals surface area contributed by atoms with Crippen LogP contribution in [0.1, 0.15) is 55.6 Å². The van der Waals surface area contributed by atoms with Gasteiger partial charge in [0.15, 0.2) is 11.5 Å². The molecule has 3 aromatic heterocycles. The number of pyridine rings is 1. The summed E-state index contributed by atoms with van der Waals surface area (Å²) in [7, 11) is 1.61. The Balaban J connectivity index is 1.42. The number of benzene rings is 1. The molecule has 1 aliphatic rings. The second-order valence-electron chi connectivity index (χ2n) is 8.43. The molecule has 0 amide bonds. The van der Waals surface area contributed by atoms with Crippen LogP contribution in [0, 0.1) is 0 Å². The minimum absolute atomic E-state index is 0.268. The van der Waals surface area contributed by atoms with Crippen LogP contribution in [0.4, 0.5) is 5.95 Å². The molecule has 1 aromatic carbocycles. The molecule has 0 saturated heterocycles. The lowest BCUT2D eigenvalue weighted by atomic mass is 9.71. The zero-order chi connectivity index (χ0) is 21.0. The van der Waals surface area contributed by atoms with Crippen molar-refractivity contribution in [1.82, 2.24) is 24.6 Å². The molecule has 0 atom stereocenters. The molecular formula is C22H24N6O2. The summed E-state index contributed by atoms with van der Waals surface area (Å²) in [6.45, 7) is 3.48. The van der Waals surface area contributed by atoms with Gasteiger partial charge in [0.2, 0.25) is 5.95 Å². The Bertz CT molecular complexity index is 1240. The van der Waals surface area contributed by atoms with Gasteiger partial charge in [0, 0.05) is 17.5 Å². The number of fused-ring (bicyclic) bond motifs is 3. The Morgan fingerprint density at radius 2 is 1.93 bits per heavy atom. The minimum atomic E-state index is -0.930. The first-order valence-corrected chi connectivity index (χ1v) is 10.0. The molecule has 0 radical (unpaired) electrons. The molecular weight excluding hydrogens is 380 g/mol. The Morgan fingerprint density at radius 3 is 2.60 bits per heavy atom. The zero-order valence-electron chi connectivity index (χ0n) is 17.2. The summed E-state index contributed by atoms with van der Waals surface area (Å²) in [6, 6.07) is 9.68. The topological polar surface area (TPSA) is 111 Å². The fourth-order valence-electron chi connectivity index (χ4n) is 4.09. The average Bonchev–Trinajstić information content (AvgIpc) is 3.12. The maximum Gasteiger partial charge on any atom is 0.223 e. The van der Waals surface area contributed by atoms with Crippen molar-refractivity contribution in [2.75, 3.05) is 12.8 Å². The zero-order valence-corrected chi connectivity index (χ0v) is 17.2. The lowest BCUT2D eigenvalue weighted by Gasteiger charge is -2.33. The van der Waals surface area contributed by atoms with Gasteiger partial charge in [0.05, 0.1) is 12.8 Å². The van der Waals surface area contributed by atoms with Gasteiger partial charge >= 0.3 is 0 Å². The summed E-state index contributed by atoms with van der Waals surface area (Å²) in [5, 5.41) is 15.6. The molecule has 1 fully saturated rings. The maximum atomic E-state index is 10.1. The third-order valence-electron chi connectivity index (χ3n) is 5.91. The molecule has 0 spiro atoms. The van der Waals surface area contributed by atoms with Crippen molar-refractivity contribution in [2.24, 2.45) is 0 Å². The summed E-state index contributed by atoms with van der Waals surface area (Å²) < 4.78 is 7.03. The molecule has 30 heavy (non-hydrogen) atoms. The van der Waals surface area contributed by atoms with Crippen LogP contribution in [-0.4, -0.2) is 36.8 Å². The number of aliphatic hydroxyl groups is 1. The molecule has 1 saturated carbocycles. The lowest BCUT2D eigenvalue weighted by molar-refractivity contribution is 0.0738. The summed E-state index contributed by atoms with van der Waals surface area (Å²) in [5.41, 5.74) is 8.47. The number of aromatic nitrogens is 5. The normalized spacial score (nSPS) is 19.2. The second-order valence-corrected chi connectivity index (χ2v) is 8.43. The van der Waals surface area contributed by atoms with E-state index in [0.29, 0.717) is 34.5 Å². The van der Waals surface area contributed by atoms with Crippen molar-refractivity contribution < 1.29 is 9.84 Å². The van der Waals surface area contributed by atoms with Crippen LogP contribution >= 0.6 is 0 Å². The third-order valence-corrected chi connectivity index (χ3v) is 5.91. The van der Waals surface area contributed by atoms with E-state index in [2.05, 4.69) is 21.1 Å². The standard InChI is InChI=1S/C22H24N6O2/c1-22(2,29)17-8-7-12(11-24-17)13-9-14(10-13)19-26-20-15-5-4-6-16(30-3)18(15)25-21(23)28(20)27-19/h4-8,11,13-14,29H,9-10H2,1-3H3,(H2,23,25)/t13-,14-. The van der Waals surface area contributed by atoms with Crippen molar-refractivity contribution in [2.45, 2.75) is 44.1 Å². The van der Waals surface area contributed by atoms with Crippen LogP contribution in [0.15, 0.2) is 36.5 Å². The van der Waals surface area contributed by atoms with Gasteiger partial charge in [0.25, 0.3) is 0 Å². The fraction of sp³-hybridized carbons (Fsp3) is 0.364. The molecule has 5 rings (SSSR count). The number of nitrogens with two attached hydrogens (primary N) is 1. The van der Waals surface area contributed by atoms with E-state index in [4.69, 9.17) is 15.5 Å². The predicted octanol–water partition coefficient (Wildman–Crippen LogP) is 3.15. The molecule has 0 bridgehead atoms. The summed E-state index contributed by atoms with van der Waals surface area (Å²) in [6.07, 6.45) is 3.77. The Labute approximate surface area is 173 Å². The molecule has 4 aromatic rings. The Hall–Kier alpha value is -3.26. The van der Waals surface area contributed by atoms with Gasteiger partial charge in [-0.25, -0.2) is 9.97 Å². The Morgan fingerprint density at radius 1 is 1.13 bits per heavy atom. The van der Waals surface area contributed by atoms with Gasteiger partial charge in [0.1, 0.15) is 16.9 Å². The van der Waals surface area contributed by atoms with Gasteiger partial charge in [-0.1, -0.05) is 12.1 Å². The maximum absolute atomic E-state index is 10.1. The van der Waals surface area contributed by atoms with E-state index >= 15 is 0 Å². The van der Waals surface area contributed by atoms with Crippen LogP contribution < -0.4 is 10.5 Å². The highest BCUT2D eigenvalue weighted by atomic mass is 16.5. The monoisotopic (exact) mass is 404 g/mol. The van der Waals surface area contributed by atoms with Crippen molar-refractivity contribution in [3.05, 3.63) is 53.6 Å². The van der Waals surface area contributed by atoms with Crippen LogP contribution in [0.25, 0.3) is 16.6 Å². The number of anilines is 1. The van der Waals surface area contributed by atoms with Gasteiger partial charge in [-0.05, 0) is 56.4 Å². The smallest absolute Gasteiger partial charge is 0.223 e. The SMILES string of the molecule is COc1cccc2c1nc(N)n1nc([C@H]3C[C@H](c4ccc(C(C)(C)O)nc4)C3)nc21. The van der Waals surface area contributed by atoms with Crippen molar-refractivity contribution in [3.63, 3.8) is 0 Å². The molecule has 8 heteroatoms. The molecule has 0 unspecified atom stereocenters. The first-order valence-electron chi connectivity index (χ1n) is 10.0. The molecule has 1 aliphatic carbocycles. The third kappa shape index (κ3) is 2.95. The number of para-hydroxylation sites is 1. The first-order chi connectivity index (χ1) is 14.3. The predicted molar refractivity (Wildman–Crippen MR) is 113 cm³/mol. The van der Waals surface area contributed by atoms with Crippen molar-refractivity contribution in [3.8, 4) is 5.75 Å². The van der Waals surface area contributed by atoms with E-state index in [0.717, 1.165) is 24.1 Å². The van der Waals surface area contributed by atoms with Crippen LogP contribution in [0.3, 0.4) is 0 Å². The van der Waals surface area contributed by atoms with Crippen LogP contribution in [0.2, 0.25) is 0 Å². The van der Waals surface area contributed by atoms with Gasteiger partial charge in [-0.3, -0.25) is 4.98 Å². The molecule has 154 valence electrons. The first kappa shape index (κ1) is 18.7. The number of nitrogen functional groups attached to an aromatic ring is 1. The van der Waals surface area contributed by atoms with E-state index in [1.54, 1.807) is 25.5 Å². The Kier molecular flexibility index (Phi) is 4.14. The highest BCUT2D eigenvalue weighted by molar-refractivity contribution is 5.95. The summed E-state index contributed by atoms with van der Waals surface area (Å²) in [5.74, 6) is 2.43. The van der Waals surface area contributed by atoms with E-state index in [9.17, 15) is 5.11 Å². The number of hydrogen-bond acceptors (Lipinski definition) is 7. The largest absolute Gasteiger partial charge is 0.494 e. The number of methoxy groups -OCH3 is 1. The van der Waals surface area contributed by atoms with E-state index in [1.807, 2.05) is 30.5 Å². The lowest BCUT2D eigenvalue weighted by Crippen LogP contribution is -2.22. The second kappa shape index (κ2) is 6.63. The van der Waals surface area contributed by atoms with Gasteiger partial charge < -0.3 is 15.6 Å². The van der Waals surface area contributed by atoms with E-state index in [-0.39, 0.29) is 5.92 Å². The van der Waals surface area contributed by atoms with E-state index < -0.39 is 5.60 Å². The number of nitrogens with zero attached hydrogens (tertiary/aromatic N) is 5. The van der Waals surface area contributed by atoms with Gasteiger partial charge in [-0.2, -0.15) is 4.52 Å². The molecule has 8 nitrogen and oxygen atoms in total. The number of hydrogen-bond donors (Lipinski definition) is 2. The average molecular weight is 404 g/mol.